The fourth-order valence-electron chi connectivity index (χ4n) is 8.42. The lowest BCUT2D eigenvalue weighted by molar-refractivity contribution is -0.164. The normalized spacial score (nSPS) is 16.4. The minimum Gasteiger partial charge on any atom is -0.493 e. The number of pyridine rings is 1. The van der Waals surface area contributed by atoms with Gasteiger partial charge in [-0.3, -0.25) is 14.3 Å². The summed E-state index contributed by atoms with van der Waals surface area (Å²) < 4.78 is 47.8. The predicted octanol–water partition coefficient (Wildman–Crippen LogP) is 7.92. The number of carbonyl (C=O) groups is 1. The van der Waals surface area contributed by atoms with Crippen LogP contribution in [0.1, 0.15) is 57.0 Å². The summed E-state index contributed by atoms with van der Waals surface area (Å²) in [6.45, 7) is 10.7. The Labute approximate surface area is 371 Å². The minimum absolute atomic E-state index is 0.0924. The van der Waals surface area contributed by atoms with Crippen molar-refractivity contribution in [3.63, 3.8) is 0 Å². The van der Waals surface area contributed by atoms with Gasteiger partial charge in [-0.25, -0.2) is 18.4 Å². The van der Waals surface area contributed by atoms with Gasteiger partial charge in [0.05, 0.1) is 28.5 Å². The van der Waals surface area contributed by atoms with E-state index in [0.717, 1.165) is 0 Å². The number of nitriles is 1. The van der Waals surface area contributed by atoms with Gasteiger partial charge >= 0.3 is 0 Å². The van der Waals surface area contributed by atoms with Crippen molar-refractivity contribution in [2.75, 3.05) is 35.6 Å². The van der Waals surface area contributed by atoms with E-state index in [2.05, 4.69) is 31.1 Å². The molecular formula is C46H49ClN8O7S. The highest BCUT2D eigenvalue weighted by Gasteiger charge is 2.64. The van der Waals surface area contributed by atoms with Crippen LogP contribution in [0.5, 0.6) is 23.0 Å². The van der Waals surface area contributed by atoms with Gasteiger partial charge in [0, 0.05) is 96.6 Å². The Morgan fingerprint density at radius 1 is 1.00 bits per heavy atom. The van der Waals surface area contributed by atoms with Gasteiger partial charge < -0.3 is 34.0 Å². The molecule has 0 aliphatic heterocycles. The molecule has 1 fully saturated rings. The summed E-state index contributed by atoms with van der Waals surface area (Å²) in [7, 11) is -0.0357. The number of halogens is 1. The molecule has 3 aromatic carbocycles. The molecular weight excluding hydrogens is 844 g/mol. The first-order valence-electron chi connectivity index (χ1n) is 20.3. The quantitative estimate of drug-likeness (QED) is 0.0800. The molecule has 3 aromatic heterocycles. The molecule has 3 heterocycles. The molecule has 1 amide bonds. The van der Waals surface area contributed by atoms with Gasteiger partial charge in [-0.2, -0.15) is 5.26 Å². The van der Waals surface area contributed by atoms with E-state index >= 15 is 0 Å². The number of aryl methyl sites for hydroxylation is 1. The molecule has 0 unspecified atom stereocenters. The summed E-state index contributed by atoms with van der Waals surface area (Å²) in [5.41, 5.74) is 1.70. The van der Waals surface area contributed by atoms with Crippen LogP contribution in [0, 0.1) is 22.2 Å². The summed E-state index contributed by atoms with van der Waals surface area (Å²) in [5, 5.41) is 13.4. The van der Waals surface area contributed by atoms with Crippen LogP contribution in [-0.4, -0.2) is 71.9 Å². The number of nitrogens with zero attached hydrogens (tertiary/aromatic N) is 5. The number of ether oxygens (including phenoxy) is 3. The van der Waals surface area contributed by atoms with E-state index in [1.165, 1.54) is 17.0 Å². The number of nitrogens with one attached hydrogen (secondary N) is 3. The number of fused-ring (bicyclic) bond motifs is 1. The Bertz CT molecular complexity index is 2870. The molecule has 63 heavy (non-hydrogen) atoms. The zero-order valence-corrected chi connectivity index (χ0v) is 37.6. The monoisotopic (exact) mass is 892 g/mol. The first-order valence-corrected chi connectivity index (χ1v) is 22.4. The van der Waals surface area contributed by atoms with Gasteiger partial charge in [0.15, 0.2) is 0 Å². The van der Waals surface area contributed by atoms with Crippen molar-refractivity contribution in [1.82, 2.24) is 24.8 Å². The van der Waals surface area contributed by atoms with Gasteiger partial charge in [-0.1, -0.05) is 45.4 Å². The van der Waals surface area contributed by atoms with Crippen LogP contribution in [0.25, 0.3) is 22.0 Å². The third-order valence-corrected chi connectivity index (χ3v) is 13.0. The van der Waals surface area contributed by atoms with Crippen LogP contribution < -0.4 is 34.7 Å². The van der Waals surface area contributed by atoms with Crippen molar-refractivity contribution in [3.05, 3.63) is 118 Å². The van der Waals surface area contributed by atoms with E-state index < -0.39 is 20.9 Å². The SMILES string of the molecule is CCS(=O)(=O)Nc1ccc(Oc2cccc(OCCCN(C)c3ncc(C(=O)NC4C(C)(C)C(Oc5ccc(C#N)c(Cl)c5)C4(C)C)cn3)c2)c(-c2cn(C)c(=O)c3[nH]ccc23)c1. The Kier molecular flexibility index (Phi) is 12.5. The molecule has 3 N–H and O–H groups in total. The zero-order valence-electron chi connectivity index (χ0n) is 36.0. The maximum atomic E-state index is 13.4. The van der Waals surface area contributed by atoms with Crippen LogP contribution in [0.15, 0.2) is 96.3 Å². The number of benzene rings is 3. The van der Waals surface area contributed by atoms with Gasteiger partial charge in [0.2, 0.25) is 16.0 Å². The molecule has 0 bridgehead atoms. The molecule has 7 rings (SSSR count). The second-order valence-electron chi connectivity index (χ2n) is 16.7. The number of carbonyl (C=O) groups excluding carboxylic acids is 1. The highest BCUT2D eigenvalue weighted by atomic mass is 35.5. The lowest BCUT2D eigenvalue weighted by Gasteiger charge is -2.63. The van der Waals surface area contributed by atoms with Crippen molar-refractivity contribution in [2.45, 2.75) is 53.2 Å². The molecule has 6 aromatic rings. The minimum atomic E-state index is -3.56. The van der Waals surface area contributed by atoms with Crippen LogP contribution in [0.4, 0.5) is 11.6 Å². The van der Waals surface area contributed by atoms with Crippen molar-refractivity contribution in [1.29, 1.82) is 5.26 Å². The maximum absolute atomic E-state index is 13.4. The summed E-state index contributed by atoms with van der Waals surface area (Å²) in [6, 6.07) is 20.9. The number of hydrogen-bond acceptors (Lipinski definition) is 11. The topological polar surface area (TPSA) is 194 Å². The zero-order chi connectivity index (χ0) is 45.3. The summed E-state index contributed by atoms with van der Waals surface area (Å²) in [4.78, 5) is 40.1. The molecule has 0 saturated heterocycles. The fourth-order valence-corrected chi connectivity index (χ4v) is 9.26. The van der Waals surface area contributed by atoms with Crippen LogP contribution in [0.2, 0.25) is 5.02 Å². The standard InChI is InChI=1S/C46H49ClN8O7S/c1-8-63(58,59)53-30-14-16-38(35(21-30)36-27-55(7)41(57)39-34(36)17-18-49-39)61-32-12-9-11-31(22-32)60-20-10-19-54(6)44-50-25-29(26-51-44)40(56)52-42-45(2,3)43(46(42,4)5)62-33-15-13-28(24-48)37(47)23-33/h9,11-18,21-23,25-27,42-43,49,53H,8,10,19-20H2,1-7H3,(H,52,56). The molecule has 1 aliphatic carbocycles. The first-order chi connectivity index (χ1) is 29.9. The number of aromatic nitrogens is 4. The highest BCUT2D eigenvalue weighted by molar-refractivity contribution is 7.92. The first kappa shape index (κ1) is 44.5. The Hall–Kier alpha value is -6.57. The van der Waals surface area contributed by atoms with E-state index in [0.29, 0.717) is 92.4 Å². The van der Waals surface area contributed by atoms with Gasteiger partial charge in [-0.15, -0.1) is 0 Å². The van der Waals surface area contributed by atoms with Crippen molar-refractivity contribution in [2.24, 2.45) is 17.9 Å². The second kappa shape index (κ2) is 17.7. The molecule has 0 radical (unpaired) electrons. The average molecular weight is 893 g/mol. The van der Waals surface area contributed by atoms with Crippen LogP contribution >= 0.6 is 11.6 Å². The molecule has 17 heteroatoms. The number of hydrogen-bond donors (Lipinski definition) is 3. The number of amides is 1. The molecule has 328 valence electrons. The Balaban J connectivity index is 0.945. The fraction of sp³-hybridized carbons (Fsp3) is 0.326. The maximum Gasteiger partial charge on any atom is 0.274 e. The van der Waals surface area contributed by atoms with E-state index in [4.69, 9.17) is 25.8 Å². The summed E-state index contributed by atoms with van der Waals surface area (Å²) in [6.07, 6.45) is 6.82. The van der Waals surface area contributed by atoms with Gasteiger partial charge in [-0.05, 0) is 61.9 Å². The highest BCUT2D eigenvalue weighted by Crippen LogP contribution is 2.55. The number of H-pyrrole nitrogens is 1. The van der Waals surface area contributed by atoms with Crippen LogP contribution in [-0.2, 0) is 17.1 Å². The number of anilines is 2. The van der Waals surface area contributed by atoms with Crippen LogP contribution in [0.3, 0.4) is 0 Å². The number of sulfonamides is 1. The number of aromatic amines is 1. The second-order valence-corrected chi connectivity index (χ2v) is 19.1. The average Bonchev–Trinajstić information content (AvgIpc) is 3.76. The van der Waals surface area contributed by atoms with Crippen molar-refractivity contribution in [3.8, 4) is 40.2 Å². The smallest absolute Gasteiger partial charge is 0.274 e. The predicted molar refractivity (Wildman–Crippen MR) is 243 cm³/mol. The van der Waals surface area contributed by atoms with Gasteiger partial charge in [0.25, 0.3) is 11.5 Å². The lowest BCUT2D eigenvalue weighted by atomic mass is 9.49. The molecule has 1 aliphatic rings. The summed E-state index contributed by atoms with van der Waals surface area (Å²) in [5.74, 6) is 2.16. The number of rotatable bonds is 16. The van der Waals surface area contributed by atoms with E-state index in [-0.39, 0.29) is 29.4 Å². The van der Waals surface area contributed by atoms with Crippen molar-refractivity contribution >= 4 is 50.1 Å². The van der Waals surface area contributed by atoms with Crippen molar-refractivity contribution < 1.29 is 27.4 Å². The largest absolute Gasteiger partial charge is 0.493 e. The third-order valence-electron chi connectivity index (χ3n) is 11.4. The van der Waals surface area contributed by atoms with E-state index in [9.17, 15) is 23.3 Å². The Morgan fingerprint density at radius 3 is 2.43 bits per heavy atom. The third kappa shape index (κ3) is 9.30. The summed E-state index contributed by atoms with van der Waals surface area (Å²) >= 11 is 6.24. The lowest BCUT2D eigenvalue weighted by Crippen LogP contribution is -2.74. The molecule has 1 saturated carbocycles. The Morgan fingerprint density at radius 2 is 1.73 bits per heavy atom. The molecule has 15 nitrogen and oxygen atoms in total. The molecule has 0 spiro atoms. The van der Waals surface area contributed by atoms with E-state index in [1.807, 2.05) is 51.8 Å². The van der Waals surface area contributed by atoms with E-state index in [1.54, 1.807) is 81.0 Å². The molecule has 0 atom stereocenters. The van der Waals surface area contributed by atoms with Gasteiger partial charge in [0.1, 0.15) is 40.7 Å².